The van der Waals surface area contributed by atoms with Crippen molar-refractivity contribution in [1.82, 2.24) is 10.2 Å². The highest BCUT2D eigenvalue weighted by Crippen LogP contribution is 2.28. The van der Waals surface area contributed by atoms with E-state index >= 15 is 0 Å². The van der Waals surface area contributed by atoms with E-state index in [2.05, 4.69) is 5.32 Å². The molecule has 0 radical (unpaired) electrons. The Morgan fingerprint density at radius 1 is 0.974 bits per heavy atom. The number of anilines is 1. The molecule has 0 heterocycles. The molecule has 11 heteroatoms. The van der Waals surface area contributed by atoms with Gasteiger partial charge in [0.2, 0.25) is 11.8 Å². The molecule has 0 aliphatic heterocycles. The Kier molecular flexibility index (Phi) is 10.4. The van der Waals surface area contributed by atoms with Gasteiger partial charge in [-0.25, -0.2) is 12.8 Å². The zero-order valence-electron chi connectivity index (χ0n) is 21.8. The Bertz CT molecular complexity index is 1420. The molecule has 3 aromatic rings. The van der Waals surface area contributed by atoms with Gasteiger partial charge in [0.05, 0.1) is 15.6 Å². The van der Waals surface area contributed by atoms with Gasteiger partial charge < -0.3 is 10.2 Å². The molecule has 0 spiro atoms. The summed E-state index contributed by atoms with van der Waals surface area (Å²) in [5.41, 5.74) is 0.652. The zero-order chi connectivity index (χ0) is 28.7. The van der Waals surface area contributed by atoms with Gasteiger partial charge in [0, 0.05) is 17.6 Å². The van der Waals surface area contributed by atoms with Gasteiger partial charge in [-0.3, -0.25) is 13.9 Å². The number of benzene rings is 3. The number of amides is 2. The maximum atomic E-state index is 13.9. The van der Waals surface area contributed by atoms with Crippen molar-refractivity contribution in [2.24, 2.45) is 0 Å². The molecule has 39 heavy (non-hydrogen) atoms. The quantitative estimate of drug-likeness (QED) is 0.311. The lowest BCUT2D eigenvalue weighted by Gasteiger charge is -2.32. The molecule has 0 aromatic heterocycles. The van der Waals surface area contributed by atoms with E-state index < -0.39 is 34.3 Å². The molecular formula is C28H30Cl2FN3O4S. The highest BCUT2D eigenvalue weighted by molar-refractivity contribution is 7.92. The van der Waals surface area contributed by atoms with Crippen molar-refractivity contribution < 1.29 is 22.4 Å². The predicted octanol–water partition coefficient (Wildman–Crippen LogP) is 5.66. The van der Waals surface area contributed by atoms with Crippen LogP contribution in [0, 0.1) is 5.82 Å². The molecule has 0 saturated heterocycles. The first-order chi connectivity index (χ1) is 18.4. The van der Waals surface area contributed by atoms with Gasteiger partial charge in [-0.1, -0.05) is 60.5 Å². The lowest BCUT2D eigenvalue weighted by atomic mass is 10.1. The van der Waals surface area contributed by atoms with Crippen LogP contribution in [0.15, 0.2) is 77.7 Å². The van der Waals surface area contributed by atoms with E-state index in [0.29, 0.717) is 17.0 Å². The van der Waals surface area contributed by atoms with Gasteiger partial charge in [-0.15, -0.1) is 0 Å². The smallest absolute Gasteiger partial charge is 0.264 e. The molecule has 0 fully saturated rings. The highest BCUT2D eigenvalue weighted by Gasteiger charge is 2.33. The molecule has 1 N–H and O–H groups in total. The number of halogens is 3. The average molecular weight is 595 g/mol. The third-order valence-electron chi connectivity index (χ3n) is 6.21. The number of nitrogens with one attached hydrogen (secondary N) is 1. The van der Waals surface area contributed by atoms with Gasteiger partial charge in [0.15, 0.2) is 0 Å². The van der Waals surface area contributed by atoms with Crippen molar-refractivity contribution in [3.8, 4) is 0 Å². The van der Waals surface area contributed by atoms with Crippen molar-refractivity contribution in [2.45, 2.75) is 50.7 Å². The first-order valence-corrected chi connectivity index (χ1v) is 14.5. The Morgan fingerprint density at radius 3 is 2.28 bits per heavy atom. The summed E-state index contributed by atoms with van der Waals surface area (Å²) >= 11 is 12.1. The normalized spacial score (nSPS) is 12.9. The molecule has 3 rings (SSSR count). The van der Waals surface area contributed by atoms with E-state index in [-0.39, 0.29) is 34.1 Å². The number of hydrogen-bond acceptors (Lipinski definition) is 4. The molecule has 0 unspecified atom stereocenters. The summed E-state index contributed by atoms with van der Waals surface area (Å²) in [7, 11) is -4.28. The van der Waals surface area contributed by atoms with Crippen LogP contribution in [0.2, 0.25) is 10.0 Å². The van der Waals surface area contributed by atoms with E-state index in [9.17, 15) is 22.4 Å². The van der Waals surface area contributed by atoms with Crippen LogP contribution in [0.5, 0.6) is 0 Å². The number of carbonyl (C=O) groups is 2. The summed E-state index contributed by atoms with van der Waals surface area (Å²) in [5.74, 6) is -1.77. The standard InChI is InChI=1S/C28H30Cl2FN3O4S/c1-4-19(2)32-28(36)20(3)33(17-21-9-8-10-22(29)15-21)27(35)18-34(23-13-14-26(31)25(30)16-23)39(37,38)24-11-6-5-7-12-24/h5-16,19-20H,4,17-18H2,1-3H3,(H,32,36)/t19-,20-/m0/s1. The van der Waals surface area contributed by atoms with Crippen LogP contribution in [-0.2, 0) is 26.2 Å². The second kappa shape index (κ2) is 13.3. The molecule has 0 aliphatic carbocycles. The Labute approximate surface area is 238 Å². The number of sulfonamides is 1. The van der Waals surface area contributed by atoms with Crippen LogP contribution in [0.1, 0.15) is 32.8 Å². The largest absolute Gasteiger partial charge is 0.352 e. The topological polar surface area (TPSA) is 86.8 Å². The first kappa shape index (κ1) is 30.4. The number of rotatable bonds is 11. The first-order valence-electron chi connectivity index (χ1n) is 12.3. The number of carbonyl (C=O) groups excluding carboxylic acids is 2. The number of nitrogens with zero attached hydrogens (tertiary/aromatic N) is 2. The predicted molar refractivity (Wildman–Crippen MR) is 152 cm³/mol. The van der Waals surface area contributed by atoms with Crippen molar-refractivity contribution in [2.75, 3.05) is 10.8 Å². The molecule has 3 aromatic carbocycles. The van der Waals surface area contributed by atoms with Crippen molar-refractivity contribution in [1.29, 1.82) is 0 Å². The maximum Gasteiger partial charge on any atom is 0.264 e. The number of hydrogen-bond donors (Lipinski definition) is 1. The van der Waals surface area contributed by atoms with Gasteiger partial charge in [0.1, 0.15) is 18.4 Å². The van der Waals surface area contributed by atoms with E-state index in [1.54, 1.807) is 49.4 Å². The van der Waals surface area contributed by atoms with E-state index in [1.807, 2.05) is 13.8 Å². The second-order valence-corrected chi connectivity index (χ2v) is 11.8. The van der Waals surface area contributed by atoms with Crippen molar-refractivity contribution >= 4 is 50.7 Å². The van der Waals surface area contributed by atoms with Gasteiger partial charge in [-0.05, 0) is 68.3 Å². The summed E-state index contributed by atoms with van der Waals surface area (Å²) < 4.78 is 42.2. The van der Waals surface area contributed by atoms with Crippen LogP contribution in [0.25, 0.3) is 0 Å². The highest BCUT2D eigenvalue weighted by atomic mass is 35.5. The van der Waals surface area contributed by atoms with Crippen LogP contribution in [-0.4, -0.2) is 43.8 Å². The molecular weight excluding hydrogens is 564 g/mol. The summed E-state index contributed by atoms with van der Waals surface area (Å²) in [5, 5.41) is 3.02. The molecule has 2 atom stereocenters. The third-order valence-corrected chi connectivity index (χ3v) is 8.52. The fraction of sp³-hybridized carbons (Fsp3) is 0.286. The lowest BCUT2D eigenvalue weighted by Crippen LogP contribution is -2.52. The Morgan fingerprint density at radius 2 is 1.67 bits per heavy atom. The average Bonchev–Trinajstić information content (AvgIpc) is 2.91. The lowest BCUT2D eigenvalue weighted by molar-refractivity contribution is -0.139. The molecule has 7 nitrogen and oxygen atoms in total. The summed E-state index contributed by atoms with van der Waals surface area (Å²) in [6, 6.07) is 16.7. The summed E-state index contributed by atoms with van der Waals surface area (Å²) in [4.78, 5) is 28.1. The second-order valence-electron chi connectivity index (χ2n) is 9.07. The van der Waals surface area contributed by atoms with Gasteiger partial charge >= 0.3 is 0 Å². The third kappa shape index (κ3) is 7.71. The minimum atomic E-state index is -4.28. The Balaban J connectivity index is 2.04. The van der Waals surface area contributed by atoms with E-state index in [0.717, 1.165) is 16.4 Å². The Hall–Kier alpha value is -3.14. The van der Waals surface area contributed by atoms with Gasteiger partial charge in [0.25, 0.3) is 10.0 Å². The minimum Gasteiger partial charge on any atom is -0.352 e. The monoisotopic (exact) mass is 593 g/mol. The van der Waals surface area contributed by atoms with E-state index in [4.69, 9.17) is 23.2 Å². The van der Waals surface area contributed by atoms with Crippen LogP contribution < -0.4 is 9.62 Å². The minimum absolute atomic E-state index is 0.00183. The fourth-order valence-corrected chi connectivity index (χ4v) is 5.58. The van der Waals surface area contributed by atoms with Crippen molar-refractivity contribution in [3.63, 3.8) is 0 Å². The van der Waals surface area contributed by atoms with E-state index in [1.165, 1.54) is 23.1 Å². The molecule has 2 amide bonds. The zero-order valence-corrected chi connectivity index (χ0v) is 24.1. The van der Waals surface area contributed by atoms with Crippen molar-refractivity contribution in [3.05, 3.63) is 94.2 Å². The van der Waals surface area contributed by atoms with Crippen LogP contribution >= 0.6 is 23.2 Å². The summed E-state index contributed by atoms with van der Waals surface area (Å²) in [6.45, 7) is 4.67. The van der Waals surface area contributed by atoms with Crippen LogP contribution in [0.3, 0.4) is 0 Å². The maximum absolute atomic E-state index is 13.9. The SMILES string of the molecule is CC[C@H](C)NC(=O)[C@H](C)N(Cc1cccc(Cl)c1)C(=O)CN(c1ccc(F)c(Cl)c1)S(=O)(=O)c1ccccc1. The molecule has 208 valence electrons. The summed E-state index contributed by atoms with van der Waals surface area (Å²) in [6.07, 6.45) is 0.690. The van der Waals surface area contributed by atoms with Gasteiger partial charge in [-0.2, -0.15) is 0 Å². The molecule has 0 aliphatic rings. The molecule has 0 saturated carbocycles. The molecule has 0 bridgehead atoms. The van der Waals surface area contributed by atoms with Crippen LogP contribution in [0.4, 0.5) is 10.1 Å². The fourth-order valence-electron chi connectivity index (χ4n) is 3.77.